The summed E-state index contributed by atoms with van der Waals surface area (Å²) in [4.78, 5) is 43.3. The minimum atomic E-state index is -0.537. The van der Waals surface area contributed by atoms with E-state index in [-0.39, 0.29) is 55.3 Å². The molecule has 0 radical (unpaired) electrons. The summed E-state index contributed by atoms with van der Waals surface area (Å²) in [5.74, 6) is -0.594. The lowest BCUT2D eigenvalue weighted by Gasteiger charge is -2.25. The number of rotatable bonds is 5. The Morgan fingerprint density at radius 2 is 1.77 bits per heavy atom. The van der Waals surface area contributed by atoms with Crippen LogP contribution >= 0.6 is 0 Å². The molecule has 9 nitrogen and oxygen atoms in total. The Bertz CT molecular complexity index is 1510. The fourth-order valence-electron chi connectivity index (χ4n) is 5.47. The first-order chi connectivity index (χ1) is 20.9. The zero-order valence-corrected chi connectivity index (χ0v) is 24.1. The minimum Gasteiger partial charge on any atom is -0.496 e. The minimum absolute atomic E-state index is 0.0823. The molecule has 0 aromatic heterocycles. The highest BCUT2D eigenvalue weighted by Crippen LogP contribution is 2.35. The molecule has 1 saturated heterocycles. The molecule has 2 aliphatic heterocycles. The van der Waals surface area contributed by atoms with E-state index in [4.69, 9.17) is 14.2 Å². The number of halogens is 1. The summed E-state index contributed by atoms with van der Waals surface area (Å²) >= 11 is 0. The molecule has 224 valence electrons. The predicted octanol–water partition coefficient (Wildman–Crippen LogP) is 3.89. The van der Waals surface area contributed by atoms with Crippen LogP contribution in [-0.2, 0) is 9.59 Å². The van der Waals surface area contributed by atoms with Gasteiger partial charge in [-0.25, -0.2) is 4.39 Å². The number of hydrogen-bond acceptors (Lipinski definition) is 6. The molecular formula is C33H34FN3O6. The topological polar surface area (TPSA) is 97.4 Å². The second kappa shape index (κ2) is 13.4. The number of methoxy groups -OCH3 is 2. The fourth-order valence-corrected chi connectivity index (χ4v) is 5.47. The van der Waals surface area contributed by atoms with E-state index in [1.807, 2.05) is 48.5 Å². The van der Waals surface area contributed by atoms with Crippen molar-refractivity contribution < 1.29 is 33.0 Å². The normalized spacial score (nSPS) is 18.9. The lowest BCUT2D eigenvalue weighted by atomic mass is 9.94. The SMILES string of the molecule is COc1ccc2cc1OCCCN(C(=O)c1ccc(F)cc1OC)CC(=O)N[C@H]1CN(C(=O)/C=C/c3ccccc3)C[C@H]21. The van der Waals surface area contributed by atoms with Gasteiger partial charge in [0.1, 0.15) is 11.6 Å². The first-order valence-electron chi connectivity index (χ1n) is 14.1. The van der Waals surface area contributed by atoms with E-state index < -0.39 is 17.8 Å². The summed E-state index contributed by atoms with van der Waals surface area (Å²) < 4.78 is 30.6. The molecule has 3 aromatic rings. The molecule has 5 rings (SSSR count). The van der Waals surface area contributed by atoms with Gasteiger partial charge in [-0.3, -0.25) is 14.4 Å². The highest BCUT2D eigenvalue weighted by molar-refractivity contribution is 5.99. The molecule has 3 aromatic carbocycles. The van der Waals surface area contributed by atoms with Gasteiger partial charge in [0.05, 0.1) is 39.0 Å². The maximum absolute atomic E-state index is 13.8. The first kappa shape index (κ1) is 29.6. The molecule has 2 bridgehead atoms. The third-order valence-corrected chi connectivity index (χ3v) is 7.66. The van der Waals surface area contributed by atoms with Crippen molar-refractivity contribution in [2.45, 2.75) is 18.4 Å². The van der Waals surface area contributed by atoms with E-state index in [1.165, 1.54) is 30.2 Å². The van der Waals surface area contributed by atoms with Gasteiger partial charge < -0.3 is 29.3 Å². The summed E-state index contributed by atoms with van der Waals surface area (Å²) in [5, 5.41) is 3.07. The highest BCUT2D eigenvalue weighted by Gasteiger charge is 2.37. The molecule has 0 saturated carbocycles. The maximum Gasteiger partial charge on any atom is 0.258 e. The lowest BCUT2D eigenvalue weighted by Crippen LogP contribution is -2.47. The smallest absolute Gasteiger partial charge is 0.258 e. The third kappa shape index (κ3) is 6.97. The summed E-state index contributed by atoms with van der Waals surface area (Å²) in [6.45, 7) is 0.901. The fraction of sp³-hybridized carbons (Fsp3) is 0.303. The van der Waals surface area contributed by atoms with Crippen LogP contribution in [0.2, 0.25) is 0 Å². The van der Waals surface area contributed by atoms with Crippen molar-refractivity contribution in [3.63, 3.8) is 0 Å². The number of nitrogens with one attached hydrogen (secondary N) is 1. The van der Waals surface area contributed by atoms with Gasteiger partial charge in [-0.15, -0.1) is 0 Å². The van der Waals surface area contributed by atoms with Crippen LogP contribution in [0.25, 0.3) is 6.08 Å². The number of likely N-dealkylation sites (tertiary alicyclic amines) is 1. The molecular weight excluding hydrogens is 553 g/mol. The number of amides is 3. The van der Waals surface area contributed by atoms with Crippen LogP contribution in [0.15, 0.2) is 72.8 Å². The number of hydrogen-bond donors (Lipinski definition) is 1. The zero-order valence-electron chi connectivity index (χ0n) is 24.1. The number of ether oxygens (including phenoxy) is 3. The van der Waals surface area contributed by atoms with Gasteiger partial charge in [0.2, 0.25) is 11.8 Å². The summed E-state index contributed by atoms with van der Waals surface area (Å²) in [5.41, 5.74) is 1.95. The number of benzene rings is 3. The van der Waals surface area contributed by atoms with Crippen molar-refractivity contribution in [1.82, 2.24) is 15.1 Å². The molecule has 2 atom stereocenters. The number of nitrogens with zero attached hydrogens (tertiary/aromatic N) is 2. The number of carbonyl (C=O) groups is 3. The molecule has 0 spiro atoms. The second-order valence-corrected chi connectivity index (χ2v) is 10.5. The largest absolute Gasteiger partial charge is 0.496 e. The van der Waals surface area contributed by atoms with E-state index in [2.05, 4.69) is 5.32 Å². The van der Waals surface area contributed by atoms with Crippen molar-refractivity contribution in [3.8, 4) is 17.2 Å². The second-order valence-electron chi connectivity index (χ2n) is 10.5. The third-order valence-electron chi connectivity index (χ3n) is 7.66. The Morgan fingerprint density at radius 1 is 0.977 bits per heavy atom. The molecule has 1 N–H and O–H groups in total. The van der Waals surface area contributed by atoms with Gasteiger partial charge in [0.15, 0.2) is 11.5 Å². The standard InChI is InChI=1S/C33H34FN3O6/c1-41-28-13-10-23-17-30(28)43-16-6-15-36(33(40)25-12-11-24(34)18-29(25)42-2)21-31(38)35-27-20-37(19-26(23)27)32(39)14-9-22-7-4-3-5-8-22/h3-5,7-14,17-18,26-27H,6,15-16,19-21H2,1-2H3,(H,35,38)/b14-9+/t26-,27+/m1/s1. The Kier molecular flexibility index (Phi) is 9.24. The molecule has 3 amide bonds. The van der Waals surface area contributed by atoms with E-state index in [1.54, 1.807) is 18.1 Å². The molecule has 1 fully saturated rings. The van der Waals surface area contributed by atoms with Crippen LogP contribution < -0.4 is 19.5 Å². The Balaban J connectivity index is 1.41. The summed E-state index contributed by atoms with van der Waals surface area (Å²) in [6, 6.07) is 18.4. The van der Waals surface area contributed by atoms with Crippen molar-refractivity contribution in [2.24, 2.45) is 0 Å². The van der Waals surface area contributed by atoms with Gasteiger partial charge in [-0.2, -0.15) is 0 Å². The van der Waals surface area contributed by atoms with Gasteiger partial charge >= 0.3 is 0 Å². The molecule has 10 heteroatoms. The first-order valence-corrected chi connectivity index (χ1v) is 14.1. The van der Waals surface area contributed by atoms with Crippen molar-refractivity contribution in [1.29, 1.82) is 0 Å². The van der Waals surface area contributed by atoms with E-state index in [0.29, 0.717) is 24.5 Å². The average molecular weight is 588 g/mol. The Morgan fingerprint density at radius 3 is 2.53 bits per heavy atom. The average Bonchev–Trinajstić information content (AvgIpc) is 3.44. The Labute approximate surface area is 249 Å². The summed E-state index contributed by atoms with van der Waals surface area (Å²) in [7, 11) is 2.92. The number of carbonyl (C=O) groups excluding carboxylic acids is 3. The number of fused-ring (bicyclic) bond motifs is 4. The molecule has 0 unspecified atom stereocenters. The van der Waals surface area contributed by atoms with Crippen LogP contribution in [0.4, 0.5) is 4.39 Å². The quantitative estimate of drug-likeness (QED) is 0.455. The predicted molar refractivity (Wildman–Crippen MR) is 159 cm³/mol. The molecule has 2 heterocycles. The Hall–Kier alpha value is -4.86. The van der Waals surface area contributed by atoms with Gasteiger partial charge in [-0.05, 0) is 47.9 Å². The van der Waals surface area contributed by atoms with Crippen molar-refractivity contribution in [3.05, 3.63) is 95.3 Å². The van der Waals surface area contributed by atoms with Gasteiger partial charge in [0, 0.05) is 37.7 Å². The van der Waals surface area contributed by atoms with Crippen LogP contribution in [0, 0.1) is 5.82 Å². The van der Waals surface area contributed by atoms with Crippen molar-refractivity contribution in [2.75, 3.05) is 47.0 Å². The van der Waals surface area contributed by atoms with E-state index >= 15 is 0 Å². The lowest BCUT2D eigenvalue weighted by molar-refractivity contribution is -0.126. The van der Waals surface area contributed by atoms with Crippen LogP contribution in [0.5, 0.6) is 17.2 Å². The summed E-state index contributed by atoms with van der Waals surface area (Å²) in [6.07, 6.45) is 3.73. The van der Waals surface area contributed by atoms with E-state index in [0.717, 1.165) is 17.2 Å². The highest BCUT2D eigenvalue weighted by atomic mass is 19.1. The molecule has 0 aliphatic carbocycles. The monoisotopic (exact) mass is 587 g/mol. The van der Waals surface area contributed by atoms with Crippen LogP contribution in [0.1, 0.15) is 33.8 Å². The van der Waals surface area contributed by atoms with Gasteiger partial charge in [-0.1, -0.05) is 36.4 Å². The van der Waals surface area contributed by atoms with Gasteiger partial charge in [0.25, 0.3) is 5.91 Å². The van der Waals surface area contributed by atoms with Crippen LogP contribution in [-0.4, -0.2) is 80.6 Å². The van der Waals surface area contributed by atoms with E-state index in [9.17, 15) is 18.8 Å². The molecule has 43 heavy (non-hydrogen) atoms. The van der Waals surface area contributed by atoms with Crippen molar-refractivity contribution >= 4 is 23.8 Å². The maximum atomic E-state index is 13.8. The zero-order chi connectivity index (χ0) is 30.3. The van der Waals surface area contributed by atoms with Crippen LogP contribution in [0.3, 0.4) is 0 Å². The molecule has 2 aliphatic rings.